The topological polar surface area (TPSA) is 134 Å². The van der Waals surface area contributed by atoms with E-state index in [0.29, 0.717) is 25.7 Å². The van der Waals surface area contributed by atoms with Crippen LogP contribution in [0.1, 0.15) is 45.1 Å². The summed E-state index contributed by atoms with van der Waals surface area (Å²) in [5.74, 6) is -0.294. The number of nitrogens with zero attached hydrogens (tertiary/aromatic N) is 4. The maximum Gasteiger partial charge on any atom is 0.306 e. The molecule has 14 heteroatoms. The fourth-order valence-corrected chi connectivity index (χ4v) is 11.8. The van der Waals surface area contributed by atoms with E-state index in [1.54, 1.807) is 18.2 Å². The standard InChI is InChI=1S/C40H55N5O7S2/c1-26(2)44-20-28(21-44)22-45(54(48,49)31-10-11-34-36(19-31)53-40(42-34)41-12-15-43-13-6-7-14-43)23-35(46)29(16-27-8-4-3-5-9-27)18-37(47)52-38-30-17-32-33(38)25-51-39(32)50-24-30/h3-5,8-11,19,26,28-30,32-33,35,38-39,46H,6-7,12-18,20-25H2,1-2H3,(H,41,42)/t29-,30?,32?,33?,35-,38?,39?/m1/s1. The lowest BCUT2D eigenvalue weighted by molar-refractivity contribution is -0.178. The highest BCUT2D eigenvalue weighted by molar-refractivity contribution is 7.89. The number of benzene rings is 2. The van der Waals surface area contributed by atoms with E-state index in [9.17, 15) is 18.3 Å². The van der Waals surface area contributed by atoms with Crippen molar-refractivity contribution in [1.82, 2.24) is 19.1 Å². The van der Waals surface area contributed by atoms with E-state index in [4.69, 9.17) is 19.2 Å². The van der Waals surface area contributed by atoms with Gasteiger partial charge in [-0.2, -0.15) is 4.31 Å². The smallest absolute Gasteiger partial charge is 0.306 e. The Morgan fingerprint density at radius 2 is 1.87 bits per heavy atom. The van der Waals surface area contributed by atoms with Crippen molar-refractivity contribution in [3.8, 4) is 0 Å². The predicted molar refractivity (Wildman–Crippen MR) is 208 cm³/mol. The summed E-state index contributed by atoms with van der Waals surface area (Å²) in [6.07, 6.45) is 2.21. The quantitative estimate of drug-likeness (QED) is 0.190. The molecule has 0 amide bonds. The van der Waals surface area contributed by atoms with E-state index in [-0.39, 0.29) is 66.4 Å². The third-order valence-corrected chi connectivity index (χ3v) is 15.1. The Kier molecular flexibility index (Phi) is 11.6. The Morgan fingerprint density at radius 3 is 2.65 bits per heavy atom. The lowest BCUT2D eigenvalue weighted by Gasteiger charge is -2.44. The van der Waals surface area contributed by atoms with Crippen molar-refractivity contribution in [3.63, 3.8) is 0 Å². The summed E-state index contributed by atoms with van der Waals surface area (Å²) in [4.78, 5) is 23.4. The van der Waals surface area contributed by atoms with Crippen molar-refractivity contribution in [2.24, 2.45) is 29.6 Å². The number of aromatic nitrogens is 1. The van der Waals surface area contributed by atoms with Crippen LogP contribution in [-0.4, -0.2) is 129 Å². The zero-order valence-electron chi connectivity index (χ0n) is 31.4. The SMILES string of the molecule is CC(C)N1CC(CN(C[C@@H](O)[C@@H](CC(=O)OC2C3COC4OCC2C4C3)Cc2ccccc2)S(=O)(=O)c2ccc3nc(NCCN4CCCC4)sc3c2)C1. The summed E-state index contributed by atoms with van der Waals surface area (Å²) in [6.45, 7) is 11.1. The van der Waals surface area contributed by atoms with Gasteiger partial charge in [-0.1, -0.05) is 41.7 Å². The molecule has 2 bridgehead atoms. The van der Waals surface area contributed by atoms with Crippen molar-refractivity contribution >= 4 is 42.7 Å². The molecule has 3 aromatic rings. The fourth-order valence-electron chi connectivity index (χ4n) is 9.21. The highest BCUT2D eigenvalue weighted by Crippen LogP contribution is 2.49. The zero-order chi connectivity index (χ0) is 37.4. The summed E-state index contributed by atoms with van der Waals surface area (Å²) in [5, 5.41) is 16.2. The number of aliphatic hydroxyl groups excluding tert-OH is 1. The Balaban J connectivity index is 0.996. The summed E-state index contributed by atoms with van der Waals surface area (Å²) in [5.41, 5.74) is 1.72. The minimum atomic E-state index is -4.02. The number of rotatable bonds is 17. The number of hydrogen-bond donors (Lipinski definition) is 2. The van der Waals surface area contributed by atoms with Crippen LogP contribution in [0.25, 0.3) is 10.2 Å². The average molecular weight is 782 g/mol. The molecule has 1 aromatic heterocycles. The highest BCUT2D eigenvalue weighted by atomic mass is 32.2. The van der Waals surface area contributed by atoms with Gasteiger partial charge in [0.05, 0.1) is 40.9 Å². The summed E-state index contributed by atoms with van der Waals surface area (Å²) < 4.78 is 49.3. The number of fused-ring (bicyclic) bond motifs is 2. The van der Waals surface area contributed by atoms with E-state index in [1.807, 2.05) is 30.3 Å². The fraction of sp³-hybridized carbons (Fsp3) is 0.650. The molecular formula is C40H55N5O7S2. The normalized spacial score (nSPS) is 27.2. The number of nitrogens with one attached hydrogen (secondary N) is 1. The van der Waals surface area contributed by atoms with E-state index >= 15 is 0 Å². The third kappa shape index (κ3) is 8.36. The van der Waals surface area contributed by atoms with Gasteiger partial charge in [0.15, 0.2) is 11.4 Å². The molecular weight excluding hydrogens is 727 g/mol. The first kappa shape index (κ1) is 38.2. The third-order valence-electron chi connectivity index (χ3n) is 12.3. The Hall–Kier alpha value is -2.69. The minimum Gasteiger partial charge on any atom is -0.462 e. The number of ether oxygens (including phenoxy) is 3. The molecule has 5 heterocycles. The number of carbonyl (C=O) groups excluding carboxylic acids is 1. The lowest BCUT2D eigenvalue weighted by atomic mass is 9.90. The van der Waals surface area contributed by atoms with Crippen LogP contribution in [0.5, 0.6) is 0 Å². The highest BCUT2D eigenvalue weighted by Gasteiger charge is 2.56. The van der Waals surface area contributed by atoms with Crippen LogP contribution in [0.3, 0.4) is 0 Å². The lowest BCUT2D eigenvalue weighted by Crippen LogP contribution is -2.55. The first-order chi connectivity index (χ1) is 26.1. The molecule has 5 unspecified atom stereocenters. The largest absolute Gasteiger partial charge is 0.462 e. The molecule has 5 fully saturated rings. The molecule has 2 aromatic carbocycles. The molecule has 5 aliphatic rings. The number of aliphatic hydroxyl groups is 1. The summed E-state index contributed by atoms with van der Waals surface area (Å²) >= 11 is 1.46. The van der Waals surface area contributed by atoms with Gasteiger partial charge in [0, 0.05) is 69.0 Å². The van der Waals surface area contributed by atoms with E-state index in [0.717, 1.165) is 66.6 Å². The number of likely N-dealkylation sites (tertiary alicyclic amines) is 2. The molecule has 7 atom stereocenters. The molecule has 0 spiro atoms. The molecule has 1 aliphatic carbocycles. The first-order valence-corrected chi connectivity index (χ1v) is 22.1. The molecule has 12 nitrogen and oxygen atoms in total. The van der Waals surface area contributed by atoms with Crippen molar-refractivity contribution in [1.29, 1.82) is 0 Å². The van der Waals surface area contributed by atoms with Gasteiger partial charge >= 0.3 is 5.97 Å². The zero-order valence-corrected chi connectivity index (χ0v) is 33.1. The van der Waals surface area contributed by atoms with Gasteiger partial charge < -0.3 is 34.4 Å². The monoisotopic (exact) mass is 781 g/mol. The molecule has 4 saturated heterocycles. The number of sulfonamides is 1. The molecule has 1 saturated carbocycles. The molecule has 8 rings (SSSR count). The summed E-state index contributed by atoms with van der Waals surface area (Å²) in [6, 6.07) is 15.2. The van der Waals surface area contributed by atoms with Crippen LogP contribution < -0.4 is 5.32 Å². The Morgan fingerprint density at radius 1 is 1.09 bits per heavy atom. The minimum absolute atomic E-state index is 0.0272. The molecule has 4 aliphatic heterocycles. The number of esters is 1. The maximum absolute atomic E-state index is 14.6. The van der Waals surface area contributed by atoms with Crippen molar-refractivity contribution in [2.75, 3.05) is 70.9 Å². The van der Waals surface area contributed by atoms with Gasteiger partial charge in [-0.15, -0.1) is 0 Å². The number of hydrogen-bond acceptors (Lipinski definition) is 12. The second kappa shape index (κ2) is 16.4. The van der Waals surface area contributed by atoms with Crippen LogP contribution in [0.2, 0.25) is 0 Å². The molecule has 2 N–H and O–H groups in total. The van der Waals surface area contributed by atoms with Crippen LogP contribution in [0.15, 0.2) is 53.4 Å². The molecule has 0 radical (unpaired) electrons. The van der Waals surface area contributed by atoms with E-state index in [2.05, 4.69) is 29.0 Å². The van der Waals surface area contributed by atoms with Crippen LogP contribution in [-0.2, 0) is 35.4 Å². The van der Waals surface area contributed by atoms with Crippen LogP contribution >= 0.6 is 11.3 Å². The van der Waals surface area contributed by atoms with Gasteiger partial charge in [0.1, 0.15) is 6.10 Å². The van der Waals surface area contributed by atoms with Gasteiger partial charge in [-0.25, -0.2) is 13.4 Å². The second-order valence-corrected chi connectivity index (χ2v) is 19.4. The second-order valence-electron chi connectivity index (χ2n) is 16.4. The maximum atomic E-state index is 14.6. The van der Waals surface area contributed by atoms with Crippen LogP contribution in [0.4, 0.5) is 5.13 Å². The number of thiazole rings is 1. The van der Waals surface area contributed by atoms with Gasteiger partial charge in [0.25, 0.3) is 0 Å². The van der Waals surface area contributed by atoms with Crippen LogP contribution in [0, 0.1) is 29.6 Å². The van der Waals surface area contributed by atoms with Gasteiger partial charge in [-0.3, -0.25) is 4.79 Å². The average Bonchev–Trinajstić information content (AvgIpc) is 3.93. The Bertz CT molecular complexity index is 1850. The van der Waals surface area contributed by atoms with E-state index < -0.39 is 22.0 Å². The van der Waals surface area contributed by atoms with Gasteiger partial charge in [-0.05, 0) is 82.3 Å². The van der Waals surface area contributed by atoms with E-state index in [1.165, 1.54) is 28.5 Å². The number of carbonyl (C=O) groups is 1. The number of anilines is 1. The summed E-state index contributed by atoms with van der Waals surface area (Å²) in [7, 11) is -4.02. The van der Waals surface area contributed by atoms with Crippen molar-refractivity contribution < 1.29 is 32.5 Å². The Labute approximate surface area is 323 Å². The van der Waals surface area contributed by atoms with Gasteiger partial charge in [0.2, 0.25) is 10.0 Å². The first-order valence-electron chi connectivity index (χ1n) is 19.9. The van der Waals surface area contributed by atoms with Crippen molar-refractivity contribution in [2.45, 2.75) is 75.4 Å². The predicted octanol–water partition coefficient (Wildman–Crippen LogP) is 4.30. The molecule has 54 heavy (non-hydrogen) atoms. The molecule has 294 valence electrons. The van der Waals surface area contributed by atoms with Crippen molar-refractivity contribution in [3.05, 3.63) is 54.1 Å².